The Balaban J connectivity index is 1.46. The van der Waals surface area contributed by atoms with Crippen LogP contribution in [0, 0.1) is 20.8 Å². The van der Waals surface area contributed by atoms with Crippen molar-refractivity contribution >= 4 is 29.3 Å². The highest BCUT2D eigenvalue weighted by Crippen LogP contribution is 2.35. The number of anilines is 1. The van der Waals surface area contributed by atoms with Crippen LogP contribution in [0.15, 0.2) is 84.0 Å². The minimum absolute atomic E-state index is 0.0788. The number of carbonyl (C=O) groups is 2. The quantitative estimate of drug-likeness (QED) is 0.212. The number of benzene rings is 3. The molecule has 5 rings (SSSR count). The number of ether oxygens (including phenoxy) is 2. The van der Waals surface area contributed by atoms with E-state index in [-0.39, 0.29) is 30.9 Å². The average molecular weight is 555 g/mol. The number of aromatic nitrogens is 2. The van der Waals surface area contributed by atoms with Crippen LogP contribution in [-0.4, -0.2) is 39.2 Å². The maximum atomic E-state index is 14.0. The van der Waals surface area contributed by atoms with Gasteiger partial charge in [0, 0.05) is 29.7 Å². The van der Waals surface area contributed by atoms with E-state index in [4.69, 9.17) is 9.47 Å². The van der Waals surface area contributed by atoms with E-state index in [1.807, 2.05) is 81.4 Å². The molecular weight excluding hydrogens is 524 g/mol. The third-order valence-corrected chi connectivity index (χ3v) is 7.23. The highest BCUT2D eigenvalue weighted by Gasteiger charge is 2.32. The maximum Gasteiger partial charge on any atom is 0.251 e. The van der Waals surface area contributed by atoms with Crippen molar-refractivity contribution in [2.45, 2.75) is 38.5 Å². The molecule has 3 aromatic carbocycles. The van der Waals surface area contributed by atoms with Crippen molar-refractivity contribution in [2.75, 3.05) is 17.9 Å². The first kappa shape index (κ1) is 27.2. The second-order valence-corrected chi connectivity index (χ2v) is 10.5. The summed E-state index contributed by atoms with van der Waals surface area (Å²) in [5, 5.41) is 3.52. The Labute approximate surface area is 237 Å². The Morgan fingerprint density at radius 3 is 2.33 bits per heavy atom. The normalized spacial score (nSPS) is 12.6. The summed E-state index contributed by atoms with van der Waals surface area (Å²) in [6, 6.07) is 23.5. The third-order valence-electron chi connectivity index (χ3n) is 6.40. The van der Waals surface area contributed by atoms with Crippen LogP contribution in [-0.2, 0) is 16.1 Å². The molecule has 0 bridgehead atoms. The highest BCUT2D eigenvalue weighted by atomic mass is 32.2. The molecule has 0 spiro atoms. The van der Waals surface area contributed by atoms with E-state index in [0.29, 0.717) is 27.9 Å². The van der Waals surface area contributed by atoms with E-state index in [1.165, 1.54) is 11.8 Å². The van der Waals surface area contributed by atoms with Gasteiger partial charge in [0.15, 0.2) is 16.7 Å². The molecule has 8 nitrogen and oxygen atoms in total. The third kappa shape index (κ3) is 6.60. The first-order valence-electron chi connectivity index (χ1n) is 12.9. The molecule has 1 aliphatic heterocycles. The summed E-state index contributed by atoms with van der Waals surface area (Å²) in [5.74, 6) is 0.724. The summed E-state index contributed by atoms with van der Waals surface area (Å²) >= 11 is 1.26. The molecule has 0 aliphatic carbocycles. The fourth-order valence-electron chi connectivity index (χ4n) is 4.47. The van der Waals surface area contributed by atoms with Crippen molar-refractivity contribution < 1.29 is 19.1 Å². The van der Waals surface area contributed by atoms with Crippen LogP contribution in [0.4, 0.5) is 5.69 Å². The number of carbonyl (C=O) groups excluding carboxylic acids is 2. The number of amides is 2. The molecule has 1 unspecified atom stereocenters. The van der Waals surface area contributed by atoms with Crippen molar-refractivity contribution in [1.29, 1.82) is 0 Å². The van der Waals surface area contributed by atoms with Gasteiger partial charge in [-0.2, -0.15) is 0 Å². The molecule has 2 amide bonds. The van der Waals surface area contributed by atoms with E-state index < -0.39 is 6.04 Å². The van der Waals surface area contributed by atoms with Crippen LogP contribution in [0.3, 0.4) is 0 Å². The van der Waals surface area contributed by atoms with Crippen LogP contribution in [0.2, 0.25) is 0 Å². The van der Waals surface area contributed by atoms with Crippen molar-refractivity contribution in [2.24, 2.45) is 0 Å². The fourth-order valence-corrected chi connectivity index (χ4v) is 5.31. The first-order chi connectivity index (χ1) is 19.4. The molecule has 1 aliphatic rings. The fraction of sp³-hybridized carbons (Fsp3) is 0.226. The zero-order valence-electron chi connectivity index (χ0n) is 22.6. The van der Waals surface area contributed by atoms with Crippen molar-refractivity contribution in [3.8, 4) is 11.5 Å². The summed E-state index contributed by atoms with van der Waals surface area (Å²) < 4.78 is 10.9. The van der Waals surface area contributed by atoms with E-state index in [9.17, 15) is 9.59 Å². The summed E-state index contributed by atoms with van der Waals surface area (Å²) in [6.07, 6.45) is 0. The summed E-state index contributed by atoms with van der Waals surface area (Å²) in [5.41, 5.74) is 4.96. The summed E-state index contributed by atoms with van der Waals surface area (Å²) in [7, 11) is 0. The Bertz CT molecular complexity index is 1490. The lowest BCUT2D eigenvalue weighted by Gasteiger charge is -2.31. The van der Waals surface area contributed by atoms with Gasteiger partial charge in [-0.15, -0.1) is 0 Å². The molecule has 1 aromatic heterocycles. The largest absolute Gasteiger partial charge is 0.454 e. The molecule has 0 radical (unpaired) electrons. The Kier molecular flexibility index (Phi) is 8.31. The smallest absolute Gasteiger partial charge is 0.251 e. The number of nitrogens with one attached hydrogen (secondary N) is 1. The summed E-state index contributed by atoms with van der Waals surface area (Å²) in [6.45, 7) is 6.20. The van der Waals surface area contributed by atoms with Gasteiger partial charge in [-0.05, 0) is 50.1 Å². The SMILES string of the molecule is Cc1ccc(CN(C(=O)CSc2nc(C)cc(C)n2)C(C(=O)Nc2ccc3c(c2)OCO3)c2ccccc2)cc1. The van der Waals surface area contributed by atoms with Crippen LogP contribution in [0.5, 0.6) is 11.5 Å². The average Bonchev–Trinajstić information content (AvgIpc) is 3.41. The van der Waals surface area contributed by atoms with Crippen LogP contribution in [0.25, 0.3) is 0 Å². The van der Waals surface area contributed by atoms with E-state index in [1.54, 1.807) is 23.1 Å². The first-order valence-corrected chi connectivity index (χ1v) is 13.9. The molecular formula is C31H30N4O4S. The lowest BCUT2D eigenvalue weighted by atomic mass is 10.0. The van der Waals surface area contributed by atoms with Gasteiger partial charge in [0.1, 0.15) is 6.04 Å². The predicted molar refractivity (Wildman–Crippen MR) is 154 cm³/mol. The van der Waals surface area contributed by atoms with Crippen molar-refractivity contribution in [3.63, 3.8) is 0 Å². The van der Waals surface area contributed by atoms with E-state index in [0.717, 1.165) is 22.5 Å². The zero-order chi connectivity index (χ0) is 28.1. The van der Waals surface area contributed by atoms with Gasteiger partial charge < -0.3 is 19.7 Å². The minimum atomic E-state index is -0.888. The summed E-state index contributed by atoms with van der Waals surface area (Å²) in [4.78, 5) is 38.4. The van der Waals surface area contributed by atoms with Gasteiger partial charge in [-0.1, -0.05) is 71.9 Å². The van der Waals surface area contributed by atoms with Gasteiger partial charge in [0.05, 0.1) is 5.75 Å². The molecule has 4 aromatic rings. The Hall–Kier alpha value is -4.37. The number of nitrogens with zero attached hydrogens (tertiary/aromatic N) is 3. The number of aryl methyl sites for hydroxylation is 3. The molecule has 1 N–H and O–H groups in total. The number of hydrogen-bond donors (Lipinski definition) is 1. The van der Waals surface area contributed by atoms with Gasteiger partial charge >= 0.3 is 0 Å². The standard InChI is InChI=1S/C31H30N4O4S/c1-20-9-11-23(12-10-20)17-35(28(36)18-40-31-32-21(2)15-22(3)33-31)29(24-7-5-4-6-8-24)30(37)34-25-13-14-26-27(16-25)39-19-38-26/h4-16,29H,17-19H2,1-3H3,(H,34,37). The molecule has 40 heavy (non-hydrogen) atoms. The minimum Gasteiger partial charge on any atom is -0.454 e. The molecule has 9 heteroatoms. The Morgan fingerprint density at radius 1 is 0.900 bits per heavy atom. The predicted octanol–water partition coefficient (Wildman–Crippen LogP) is 5.63. The lowest BCUT2D eigenvalue weighted by Crippen LogP contribution is -2.41. The molecule has 1 atom stereocenters. The van der Waals surface area contributed by atoms with Gasteiger partial charge in [-0.3, -0.25) is 9.59 Å². The number of hydrogen-bond acceptors (Lipinski definition) is 7. The number of rotatable bonds is 9. The second-order valence-electron chi connectivity index (χ2n) is 9.60. The van der Waals surface area contributed by atoms with Gasteiger partial charge in [-0.25, -0.2) is 9.97 Å². The molecule has 0 fully saturated rings. The topological polar surface area (TPSA) is 93.7 Å². The van der Waals surface area contributed by atoms with Gasteiger partial charge in [0.25, 0.3) is 5.91 Å². The van der Waals surface area contributed by atoms with E-state index >= 15 is 0 Å². The van der Waals surface area contributed by atoms with Crippen molar-refractivity contribution in [1.82, 2.24) is 14.9 Å². The number of fused-ring (bicyclic) bond motifs is 1. The van der Waals surface area contributed by atoms with Crippen LogP contribution in [0.1, 0.15) is 34.1 Å². The molecule has 0 saturated carbocycles. The monoisotopic (exact) mass is 554 g/mol. The maximum absolute atomic E-state index is 14.0. The Morgan fingerprint density at radius 2 is 1.60 bits per heavy atom. The van der Waals surface area contributed by atoms with Gasteiger partial charge in [0.2, 0.25) is 12.7 Å². The molecule has 2 heterocycles. The zero-order valence-corrected chi connectivity index (χ0v) is 23.4. The number of thioether (sulfide) groups is 1. The molecule has 204 valence electrons. The second kappa shape index (κ2) is 12.2. The molecule has 0 saturated heterocycles. The lowest BCUT2D eigenvalue weighted by molar-refractivity contribution is -0.137. The van der Waals surface area contributed by atoms with Crippen molar-refractivity contribution in [3.05, 3.63) is 107 Å². The van der Waals surface area contributed by atoms with Crippen LogP contribution < -0.4 is 14.8 Å². The van der Waals surface area contributed by atoms with Crippen LogP contribution >= 0.6 is 11.8 Å². The highest BCUT2D eigenvalue weighted by molar-refractivity contribution is 7.99. The van der Waals surface area contributed by atoms with E-state index in [2.05, 4.69) is 15.3 Å².